The van der Waals surface area contributed by atoms with Gasteiger partial charge in [-0.15, -0.1) is 0 Å². The van der Waals surface area contributed by atoms with E-state index in [-0.39, 0.29) is 0 Å². The van der Waals surface area contributed by atoms with Gasteiger partial charge < -0.3 is 15.4 Å². The van der Waals surface area contributed by atoms with Crippen LogP contribution in [0.5, 0.6) is 0 Å². The van der Waals surface area contributed by atoms with Gasteiger partial charge in [0, 0.05) is 26.2 Å². The van der Waals surface area contributed by atoms with Gasteiger partial charge in [-0.25, -0.2) is 0 Å². The van der Waals surface area contributed by atoms with Crippen molar-refractivity contribution in [2.24, 2.45) is 10.9 Å². The summed E-state index contributed by atoms with van der Waals surface area (Å²) in [5.74, 6) is 1.45. The van der Waals surface area contributed by atoms with Gasteiger partial charge in [-0.1, -0.05) is 13.8 Å². The van der Waals surface area contributed by atoms with Crippen LogP contribution in [0.25, 0.3) is 0 Å². The van der Waals surface area contributed by atoms with Crippen molar-refractivity contribution in [1.82, 2.24) is 10.6 Å². The van der Waals surface area contributed by atoms with Gasteiger partial charge in [0.2, 0.25) is 0 Å². The summed E-state index contributed by atoms with van der Waals surface area (Å²) in [5, 5.41) is 6.43. The second kappa shape index (κ2) is 10.4. The normalized spacial score (nSPS) is 12.4. The summed E-state index contributed by atoms with van der Waals surface area (Å²) in [6.45, 7) is 13.9. The molecule has 0 rings (SSSR count). The van der Waals surface area contributed by atoms with Gasteiger partial charge >= 0.3 is 0 Å². The minimum absolute atomic E-state index is 0.313. The van der Waals surface area contributed by atoms with E-state index in [1.807, 2.05) is 6.92 Å². The standard InChI is InChI=1S/C13H29N3O/c1-6-14-13(15-7-2)16-10-9-12(11(4)5)17-8-3/h11-12H,6-10H2,1-5H3,(H2,14,15,16). The highest BCUT2D eigenvalue weighted by molar-refractivity contribution is 5.79. The maximum Gasteiger partial charge on any atom is 0.191 e. The molecular weight excluding hydrogens is 214 g/mol. The minimum atomic E-state index is 0.313. The molecule has 0 heterocycles. The van der Waals surface area contributed by atoms with Gasteiger partial charge in [0.15, 0.2) is 5.96 Å². The fraction of sp³-hybridized carbons (Fsp3) is 0.923. The molecule has 0 aliphatic heterocycles. The zero-order valence-electron chi connectivity index (χ0n) is 12.0. The third-order valence-electron chi connectivity index (χ3n) is 2.50. The Bertz CT molecular complexity index is 197. The highest BCUT2D eigenvalue weighted by Crippen LogP contribution is 2.10. The monoisotopic (exact) mass is 243 g/mol. The maximum absolute atomic E-state index is 5.70. The molecule has 4 heteroatoms. The number of rotatable bonds is 8. The quantitative estimate of drug-likeness (QED) is 0.506. The van der Waals surface area contributed by atoms with Crippen LogP contribution in [0.15, 0.2) is 4.99 Å². The van der Waals surface area contributed by atoms with Crippen molar-refractivity contribution in [2.45, 2.75) is 47.1 Å². The Morgan fingerprint density at radius 1 is 1.12 bits per heavy atom. The van der Waals surface area contributed by atoms with Crippen LogP contribution in [0.3, 0.4) is 0 Å². The van der Waals surface area contributed by atoms with Crippen LogP contribution < -0.4 is 10.6 Å². The van der Waals surface area contributed by atoms with Gasteiger partial charge in [-0.3, -0.25) is 4.99 Å². The highest BCUT2D eigenvalue weighted by Gasteiger charge is 2.12. The van der Waals surface area contributed by atoms with Crippen molar-refractivity contribution < 1.29 is 4.74 Å². The van der Waals surface area contributed by atoms with Crippen molar-refractivity contribution in [2.75, 3.05) is 26.2 Å². The molecule has 1 atom stereocenters. The highest BCUT2D eigenvalue weighted by atomic mass is 16.5. The Morgan fingerprint density at radius 2 is 1.71 bits per heavy atom. The van der Waals surface area contributed by atoms with E-state index in [9.17, 15) is 0 Å². The van der Waals surface area contributed by atoms with Crippen molar-refractivity contribution >= 4 is 5.96 Å². The van der Waals surface area contributed by atoms with Crippen LogP contribution >= 0.6 is 0 Å². The maximum atomic E-state index is 5.70. The molecule has 0 aliphatic rings. The first-order valence-corrected chi connectivity index (χ1v) is 6.79. The molecular formula is C13H29N3O. The Morgan fingerprint density at radius 3 is 2.12 bits per heavy atom. The second-order valence-electron chi connectivity index (χ2n) is 4.32. The number of aliphatic imine (C=N–C) groups is 1. The average Bonchev–Trinajstić information content (AvgIpc) is 2.28. The fourth-order valence-electron chi connectivity index (χ4n) is 1.64. The molecule has 0 amide bonds. The molecule has 0 bridgehead atoms. The number of guanidine groups is 1. The smallest absolute Gasteiger partial charge is 0.191 e. The van der Waals surface area contributed by atoms with E-state index in [2.05, 4.69) is 43.3 Å². The van der Waals surface area contributed by atoms with Crippen LogP contribution in [0.2, 0.25) is 0 Å². The lowest BCUT2D eigenvalue weighted by Gasteiger charge is -2.20. The molecule has 17 heavy (non-hydrogen) atoms. The summed E-state index contributed by atoms with van der Waals surface area (Å²) in [4.78, 5) is 4.52. The summed E-state index contributed by atoms with van der Waals surface area (Å²) in [7, 11) is 0. The van der Waals surface area contributed by atoms with Crippen molar-refractivity contribution in [3.63, 3.8) is 0 Å². The number of hydrogen-bond acceptors (Lipinski definition) is 2. The summed E-state index contributed by atoms with van der Waals surface area (Å²) < 4.78 is 5.70. The third kappa shape index (κ3) is 8.02. The molecule has 0 saturated carbocycles. The molecule has 0 spiro atoms. The molecule has 102 valence electrons. The molecule has 0 aromatic rings. The molecule has 4 nitrogen and oxygen atoms in total. The Balaban J connectivity index is 4.07. The zero-order valence-corrected chi connectivity index (χ0v) is 12.0. The van der Waals surface area contributed by atoms with Crippen LogP contribution in [-0.2, 0) is 4.74 Å². The first-order valence-electron chi connectivity index (χ1n) is 6.79. The third-order valence-corrected chi connectivity index (χ3v) is 2.50. The summed E-state index contributed by atoms with van der Waals surface area (Å²) in [5.41, 5.74) is 0. The number of ether oxygens (including phenoxy) is 1. The lowest BCUT2D eigenvalue weighted by Crippen LogP contribution is -2.37. The van der Waals surface area contributed by atoms with Gasteiger partial charge in [-0.05, 0) is 33.1 Å². The molecule has 0 aromatic carbocycles. The van der Waals surface area contributed by atoms with E-state index in [1.165, 1.54) is 0 Å². The van der Waals surface area contributed by atoms with Crippen LogP contribution in [-0.4, -0.2) is 38.3 Å². The van der Waals surface area contributed by atoms with Crippen LogP contribution in [0.1, 0.15) is 41.0 Å². The van der Waals surface area contributed by atoms with Gasteiger partial charge in [0.1, 0.15) is 0 Å². The van der Waals surface area contributed by atoms with E-state index in [0.29, 0.717) is 12.0 Å². The summed E-state index contributed by atoms with van der Waals surface area (Å²) in [6.07, 6.45) is 1.29. The van der Waals surface area contributed by atoms with Crippen LogP contribution in [0, 0.1) is 5.92 Å². The largest absolute Gasteiger partial charge is 0.378 e. The van der Waals surface area contributed by atoms with Gasteiger partial charge in [-0.2, -0.15) is 0 Å². The molecule has 0 aromatic heterocycles. The lowest BCUT2D eigenvalue weighted by atomic mass is 10.0. The van der Waals surface area contributed by atoms with Crippen molar-refractivity contribution in [3.8, 4) is 0 Å². The van der Waals surface area contributed by atoms with Crippen molar-refractivity contribution in [1.29, 1.82) is 0 Å². The van der Waals surface area contributed by atoms with E-state index >= 15 is 0 Å². The number of nitrogens with zero attached hydrogens (tertiary/aromatic N) is 1. The van der Waals surface area contributed by atoms with Gasteiger partial charge in [0.05, 0.1) is 6.10 Å². The molecule has 0 fully saturated rings. The Kier molecular flexibility index (Phi) is 9.92. The van der Waals surface area contributed by atoms with E-state index in [1.54, 1.807) is 0 Å². The van der Waals surface area contributed by atoms with E-state index in [0.717, 1.165) is 38.6 Å². The average molecular weight is 243 g/mol. The predicted octanol–water partition coefficient (Wildman–Crippen LogP) is 2.01. The Labute approximate surface area is 106 Å². The van der Waals surface area contributed by atoms with E-state index in [4.69, 9.17) is 4.74 Å². The predicted molar refractivity (Wildman–Crippen MR) is 74.5 cm³/mol. The van der Waals surface area contributed by atoms with Gasteiger partial charge in [0.25, 0.3) is 0 Å². The topological polar surface area (TPSA) is 45.7 Å². The summed E-state index contributed by atoms with van der Waals surface area (Å²) >= 11 is 0. The minimum Gasteiger partial charge on any atom is -0.378 e. The zero-order chi connectivity index (χ0) is 13.1. The second-order valence-corrected chi connectivity index (χ2v) is 4.32. The molecule has 0 aliphatic carbocycles. The number of nitrogens with one attached hydrogen (secondary N) is 2. The SMILES string of the molecule is CCNC(=NCCC(OCC)C(C)C)NCC. The lowest BCUT2D eigenvalue weighted by molar-refractivity contribution is 0.0266. The van der Waals surface area contributed by atoms with E-state index < -0.39 is 0 Å². The molecule has 2 N–H and O–H groups in total. The van der Waals surface area contributed by atoms with Crippen molar-refractivity contribution in [3.05, 3.63) is 0 Å². The molecule has 0 saturated heterocycles. The number of hydrogen-bond donors (Lipinski definition) is 2. The summed E-state index contributed by atoms with van der Waals surface area (Å²) in [6, 6.07) is 0. The fourth-order valence-corrected chi connectivity index (χ4v) is 1.64. The van der Waals surface area contributed by atoms with Crippen LogP contribution in [0.4, 0.5) is 0 Å². The Hall–Kier alpha value is -0.770. The molecule has 1 unspecified atom stereocenters. The molecule has 0 radical (unpaired) electrons. The first-order chi connectivity index (χ1) is 8.15. The first kappa shape index (κ1) is 16.2.